The molecule has 1 aromatic rings. The lowest BCUT2D eigenvalue weighted by molar-refractivity contribution is 0.0371. The molecule has 22 heavy (non-hydrogen) atoms. The van der Waals surface area contributed by atoms with Crippen LogP contribution in [0.3, 0.4) is 0 Å². The van der Waals surface area contributed by atoms with Gasteiger partial charge in [0.1, 0.15) is 5.01 Å². The Kier molecular flexibility index (Phi) is 5.95. The lowest BCUT2D eigenvalue weighted by Gasteiger charge is -2.08. The molecule has 1 heterocycles. The Bertz CT molecular complexity index is 611. The number of nitrogens with zero attached hydrogens (tertiary/aromatic N) is 1. The third-order valence-corrected chi connectivity index (χ3v) is 3.87. The fourth-order valence-corrected chi connectivity index (χ4v) is 2.81. The van der Waals surface area contributed by atoms with Crippen LogP contribution >= 0.6 is 11.3 Å². The van der Waals surface area contributed by atoms with Gasteiger partial charge in [-0.1, -0.05) is 18.2 Å². The van der Waals surface area contributed by atoms with Crippen molar-refractivity contribution in [2.24, 2.45) is 0 Å². The molecule has 0 atom stereocenters. The van der Waals surface area contributed by atoms with Gasteiger partial charge in [-0.15, -0.1) is 11.3 Å². The summed E-state index contributed by atoms with van der Waals surface area (Å²) in [7, 11) is 0. The van der Waals surface area contributed by atoms with Crippen molar-refractivity contribution in [3.63, 3.8) is 0 Å². The molecule has 0 saturated heterocycles. The molecule has 0 aromatic carbocycles. The zero-order chi connectivity index (χ0) is 15.9. The minimum Gasteiger partial charge on any atom is -0.498 e. The van der Waals surface area contributed by atoms with Crippen molar-refractivity contribution in [3.05, 3.63) is 46.1 Å². The molecule has 4 nitrogen and oxygen atoms in total. The SMILES string of the molecule is CCO/C1=C/C=C(/c2nc(C(=O)OC(C)C)cs2)C/C=C\C1. The quantitative estimate of drug-likeness (QED) is 0.597. The Morgan fingerprint density at radius 3 is 2.82 bits per heavy atom. The van der Waals surface area contributed by atoms with E-state index in [0.717, 1.165) is 29.2 Å². The van der Waals surface area contributed by atoms with Crippen molar-refractivity contribution in [1.29, 1.82) is 0 Å². The number of aromatic nitrogens is 1. The highest BCUT2D eigenvalue weighted by Crippen LogP contribution is 2.25. The Labute approximate surface area is 135 Å². The number of thiazole rings is 1. The summed E-state index contributed by atoms with van der Waals surface area (Å²) >= 11 is 1.46. The molecule has 0 unspecified atom stereocenters. The van der Waals surface area contributed by atoms with E-state index in [9.17, 15) is 4.79 Å². The largest absolute Gasteiger partial charge is 0.498 e. The van der Waals surface area contributed by atoms with Crippen LogP contribution in [0.25, 0.3) is 5.57 Å². The van der Waals surface area contributed by atoms with Crippen molar-refractivity contribution < 1.29 is 14.3 Å². The van der Waals surface area contributed by atoms with Gasteiger partial charge in [0.25, 0.3) is 0 Å². The lowest BCUT2D eigenvalue weighted by atomic mass is 10.1. The average Bonchev–Trinajstić information content (AvgIpc) is 2.91. The maximum absolute atomic E-state index is 11.9. The van der Waals surface area contributed by atoms with Gasteiger partial charge in [-0.05, 0) is 38.8 Å². The fourth-order valence-electron chi connectivity index (χ4n) is 1.98. The first-order chi connectivity index (χ1) is 10.6. The summed E-state index contributed by atoms with van der Waals surface area (Å²) in [6, 6.07) is 0. The van der Waals surface area contributed by atoms with E-state index >= 15 is 0 Å². The predicted molar refractivity (Wildman–Crippen MR) is 88.7 cm³/mol. The summed E-state index contributed by atoms with van der Waals surface area (Å²) in [6.07, 6.45) is 9.66. The van der Waals surface area contributed by atoms with Crippen molar-refractivity contribution in [1.82, 2.24) is 4.98 Å². The minimum atomic E-state index is -0.370. The van der Waals surface area contributed by atoms with Gasteiger partial charge < -0.3 is 9.47 Å². The molecule has 2 rings (SSSR count). The molecular weight excluding hydrogens is 298 g/mol. The first kappa shape index (κ1) is 16.5. The first-order valence-corrected chi connectivity index (χ1v) is 8.32. The van der Waals surface area contributed by atoms with E-state index in [2.05, 4.69) is 17.1 Å². The maximum Gasteiger partial charge on any atom is 0.358 e. The van der Waals surface area contributed by atoms with E-state index < -0.39 is 0 Å². The Morgan fingerprint density at radius 1 is 1.32 bits per heavy atom. The molecule has 0 N–H and O–H groups in total. The normalized spacial score (nSPS) is 21.1. The zero-order valence-corrected chi connectivity index (χ0v) is 14.0. The summed E-state index contributed by atoms with van der Waals surface area (Å²) in [6.45, 7) is 6.29. The van der Waals surface area contributed by atoms with Gasteiger partial charge in [-0.3, -0.25) is 0 Å². The van der Waals surface area contributed by atoms with Gasteiger partial charge in [0.2, 0.25) is 0 Å². The highest BCUT2D eigenvalue weighted by atomic mass is 32.1. The van der Waals surface area contributed by atoms with Crippen LogP contribution in [0.4, 0.5) is 0 Å². The van der Waals surface area contributed by atoms with E-state index in [1.54, 1.807) is 5.38 Å². The van der Waals surface area contributed by atoms with Crippen molar-refractivity contribution in [3.8, 4) is 0 Å². The lowest BCUT2D eigenvalue weighted by Crippen LogP contribution is -2.11. The van der Waals surface area contributed by atoms with Crippen LogP contribution in [0.2, 0.25) is 0 Å². The zero-order valence-electron chi connectivity index (χ0n) is 13.2. The van der Waals surface area contributed by atoms with Crippen molar-refractivity contribution in [2.45, 2.75) is 39.7 Å². The number of ether oxygens (including phenoxy) is 2. The third kappa shape index (κ3) is 4.56. The van der Waals surface area contributed by atoms with Gasteiger partial charge >= 0.3 is 5.97 Å². The molecule has 0 aliphatic heterocycles. The highest BCUT2D eigenvalue weighted by Gasteiger charge is 2.15. The predicted octanol–water partition coefficient (Wildman–Crippen LogP) is 4.36. The summed E-state index contributed by atoms with van der Waals surface area (Å²) in [4.78, 5) is 16.3. The van der Waals surface area contributed by atoms with Gasteiger partial charge in [0.05, 0.1) is 18.5 Å². The molecule has 0 radical (unpaired) electrons. The van der Waals surface area contributed by atoms with Gasteiger partial charge in [-0.25, -0.2) is 9.78 Å². The number of hydrogen-bond donors (Lipinski definition) is 0. The second kappa shape index (κ2) is 7.94. The number of allylic oxidation sites excluding steroid dienone is 5. The van der Waals surface area contributed by atoms with Gasteiger partial charge in [0, 0.05) is 11.8 Å². The number of carbonyl (C=O) groups is 1. The van der Waals surface area contributed by atoms with Crippen LogP contribution in [-0.2, 0) is 9.47 Å². The molecule has 0 fully saturated rings. The summed E-state index contributed by atoms with van der Waals surface area (Å²) in [5.41, 5.74) is 1.44. The van der Waals surface area contributed by atoms with E-state index in [0.29, 0.717) is 12.3 Å². The average molecular weight is 319 g/mol. The summed E-state index contributed by atoms with van der Waals surface area (Å²) in [5.74, 6) is 0.567. The van der Waals surface area contributed by atoms with Crippen molar-refractivity contribution >= 4 is 22.9 Å². The molecule has 0 amide bonds. The molecule has 0 spiro atoms. The maximum atomic E-state index is 11.9. The topological polar surface area (TPSA) is 48.4 Å². The number of carbonyl (C=O) groups excluding carboxylic acids is 1. The van der Waals surface area contributed by atoms with Crippen LogP contribution in [0.1, 0.15) is 49.1 Å². The standard InChI is InChI=1S/C17H21NO3S/c1-4-20-14-8-6-5-7-13(9-10-14)16-18-15(11-22-16)17(19)21-12(2)3/h5-6,9-12H,4,7-8H2,1-3H3/b6-5-,13-9+,14-10+. The molecule has 5 heteroatoms. The molecule has 0 saturated carbocycles. The van der Waals surface area contributed by atoms with Gasteiger partial charge in [-0.2, -0.15) is 0 Å². The second-order valence-electron chi connectivity index (χ2n) is 5.13. The Balaban J connectivity index is 2.18. The smallest absolute Gasteiger partial charge is 0.358 e. The number of esters is 1. The van der Waals surface area contributed by atoms with E-state index in [1.165, 1.54) is 11.3 Å². The van der Waals surface area contributed by atoms with Crippen LogP contribution in [0.5, 0.6) is 0 Å². The fraction of sp³-hybridized carbons (Fsp3) is 0.412. The van der Waals surface area contributed by atoms with Crippen LogP contribution < -0.4 is 0 Å². The molecule has 118 valence electrons. The van der Waals surface area contributed by atoms with E-state index in [1.807, 2.05) is 32.9 Å². The van der Waals surface area contributed by atoms with E-state index in [-0.39, 0.29) is 12.1 Å². The number of rotatable bonds is 5. The highest BCUT2D eigenvalue weighted by molar-refractivity contribution is 7.11. The Morgan fingerprint density at radius 2 is 2.09 bits per heavy atom. The molecule has 0 bridgehead atoms. The van der Waals surface area contributed by atoms with Crippen LogP contribution in [-0.4, -0.2) is 23.7 Å². The third-order valence-electron chi connectivity index (χ3n) is 2.95. The second-order valence-corrected chi connectivity index (χ2v) is 5.99. The summed E-state index contributed by atoms with van der Waals surface area (Å²) in [5, 5.41) is 2.59. The van der Waals surface area contributed by atoms with Crippen LogP contribution in [0, 0.1) is 0 Å². The van der Waals surface area contributed by atoms with E-state index in [4.69, 9.17) is 9.47 Å². The number of hydrogen-bond acceptors (Lipinski definition) is 5. The van der Waals surface area contributed by atoms with Gasteiger partial charge in [0.15, 0.2) is 5.69 Å². The molecule has 1 aliphatic carbocycles. The first-order valence-electron chi connectivity index (χ1n) is 7.44. The molecule has 1 aromatic heterocycles. The molecule has 1 aliphatic rings. The molecular formula is C17H21NO3S. The monoisotopic (exact) mass is 319 g/mol. The van der Waals surface area contributed by atoms with Crippen LogP contribution in [0.15, 0.2) is 35.4 Å². The minimum absolute atomic E-state index is 0.141. The summed E-state index contributed by atoms with van der Waals surface area (Å²) < 4.78 is 10.7. The van der Waals surface area contributed by atoms with Crippen molar-refractivity contribution in [2.75, 3.05) is 6.61 Å². The Hall–Kier alpha value is -1.88.